The molecule has 0 fully saturated rings. The predicted octanol–water partition coefficient (Wildman–Crippen LogP) is 6.27. The van der Waals surface area contributed by atoms with E-state index in [4.69, 9.17) is 9.97 Å². The van der Waals surface area contributed by atoms with Gasteiger partial charge < -0.3 is 5.32 Å². The first-order valence-corrected chi connectivity index (χ1v) is 15.4. The highest BCUT2D eigenvalue weighted by Gasteiger charge is 2.25. The molecular weight excluding hydrogens is 537 g/mol. The van der Waals surface area contributed by atoms with E-state index in [1.54, 1.807) is 17.7 Å². The number of carbonyl (C=O) groups is 1. The number of amides is 1. The van der Waals surface area contributed by atoms with Crippen LogP contribution in [0.3, 0.4) is 0 Å². The number of carbonyl (C=O) groups excluding carboxylic acids is 1. The van der Waals surface area contributed by atoms with Crippen LogP contribution < -0.4 is 5.32 Å². The van der Waals surface area contributed by atoms with Crippen molar-refractivity contribution in [3.05, 3.63) is 83.7 Å². The van der Waals surface area contributed by atoms with E-state index < -0.39 is 0 Å². The van der Waals surface area contributed by atoms with Gasteiger partial charge >= 0.3 is 0 Å². The van der Waals surface area contributed by atoms with Gasteiger partial charge in [0.25, 0.3) is 0 Å². The topological polar surface area (TPSA) is 85.1 Å². The number of benzene rings is 2. The maximum absolute atomic E-state index is 12.7. The van der Waals surface area contributed by atoms with E-state index in [0.717, 1.165) is 69.4 Å². The van der Waals surface area contributed by atoms with Crippen LogP contribution in [0.5, 0.6) is 0 Å². The number of fused-ring (bicyclic) bond motifs is 7. The molecule has 7 nitrogen and oxygen atoms in total. The summed E-state index contributed by atoms with van der Waals surface area (Å²) in [5.41, 5.74) is 7.97. The normalized spacial score (nSPS) is 13.7. The van der Waals surface area contributed by atoms with Gasteiger partial charge in [-0.25, -0.2) is 9.97 Å². The summed E-state index contributed by atoms with van der Waals surface area (Å²) in [6.45, 7) is 2.05. The fraction of sp³-hybridized carbons (Fsp3) is 0.258. The van der Waals surface area contributed by atoms with Gasteiger partial charge in [-0.2, -0.15) is 0 Å². The van der Waals surface area contributed by atoms with Crippen molar-refractivity contribution < 1.29 is 4.79 Å². The molecule has 0 aliphatic heterocycles. The molecule has 1 amide bonds. The Morgan fingerprint density at radius 3 is 2.65 bits per heavy atom. The maximum atomic E-state index is 12.7. The second-order valence-electron chi connectivity index (χ2n) is 10.3. The number of pyridine rings is 1. The Morgan fingerprint density at radius 1 is 1.05 bits per heavy atom. The van der Waals surface area contributed by atoms with Crippen molar-refractivity contribution in [2.75, 3.05) is 5.75 Å². The molecule has 4 aromatic heterocycles. The van der Waals surface area contributed by atoms with Crippen LogP contribution in [0.4, 0.5) is 0 Å². The van der Waals surface area contributed by atoms with Crippen LogP contribution in [0.25, 0.3) is 37.3 Å². The first-order valence-electron chi connectivity index (χ1n) is 13.6. The van der Waals surface area contributed by atoms with Gasteiger partial charge in [-0.15, -0.1) is 21.5 Å². The summed E-state index contributed by atoms with van der Waals surface area (Å²) < 4.78 is 2.88. The van der Waals surface area contributed by atoms with Gasteiger partial charge in [0.15, 0.2) is 10.8 Å². The number of nitrogens with one attached hydrogen (secondary N) is 1. The van der Waals surface area contributed by atoms with Gasteiger partial charge in [-0.1, -0.05) is 72.4 Å². The summed E-state index contributed by atoms with van der Waals surface area (Å²) in [4.78, 5) is 23.7. The molecule has 2 aromatic carbocycles. The van der Waals surface area contributed by atoms with Crippen LogP contribution in [0, 0.1) is 0 Å². The molecule has 4 heterocycles. The number of aryl methyl sites for hydroxylation is 2. The second kappa shape index (κ2) is 10.6. The van der Waals surface area contributed by atoms with Crippen LogP contribution >= 0.6 is 23.1 Å². The quantitative estimate of drug-likeness (QED) is 0.219. The van der Waals surface area contributed by atoms with E-state index in [0.29, 0.717) is 5.16 Å². The van der Waals surface area contributed by atoms with Crippen molar-refractivity contribution in [3.8, 4) is 11.3 Å². The number of hydrogen-bond donors (Lipinski definition) is 1. The Balaban J connectivity index is 1.13. The van der Waals surface area contributed by atoms with Crippen LogP contribution in [0.15, 0.2) is 72.1 Å². The predicted molar refractivity (Wildman–Crippen MR) is 162 cm³/mol. The lowest BCUT2D eigenvalue weighted by Gasteiger charge is -2.13. The van der Waals surface area contributed by atoms with Crippen molar-refractivity contribution in [1.82, 2.24) is 29.9 Å². The third kappa shape index (κ3) is 4.63. The summed E-state index contributed by atoms with van der Waals surface area (Å²) in [5, 5.41) is 13.9. The molecule has 40 heavy (non-hydrogen) atoms. The fourth-order valence-electron chi connectivity index (χ4n) is 5.62. The number of thiophene rings is 1. The average molecular weight is 565 g/mol. The molecule has 1 aliphatic rings. The zero-order valence-corrected chi connectivity index (χ0v) is 23.8. The molecule has 1 atom stereocenters. The molecule has 0 radical (unpaired) electrons. The molecule has 1 unspecified atom stereocenters. The maximum Gasteiger partial charge on any atom is 0.230 e. The zero-order chi connectivity index (χ0) is 27.1. The lowest BCUT2D eigenvalue weighted by Crippen LogP contribution is -2.34. The monoisotopic (exact) mass is 564 g/mol. The Labute approximate surface area is 240 Å². The Hall–Kier alpha value is -3.82. The average Bonchev–Trinajstić information content (AvgIpc) is 3.72. The smallest absolute Gasteiger partial charge is 0.230 e. The van der Waals surface area contributed by atoms with E-state index in [9.17, 15) is 4.79 Å². The van der Waals surface area contributed by atoms with E-state index in [1.165, 1.54) is 28.5 Å². The van der Waals surface area contributed by atoms with E-state index in [1.807, 2.05) is 35.6 Å². The molecule has 9 heteroatoms. The lowest BCUT2D eigenvalue weighted by atomic mass is 10.0. The third-order valence-corrected chi connectivity index (χ3v) is 9.56. The standard InChI is InChI=1S/C31H28N6OS2/c1-19(15-16-20-9-4-2-5-10-20)33-24(38)17-39-31-36-35-29-28-27(32-18-37(29)31)25-22-13-8-14-23(22)26(34-30(25)40-28)21-11-6-3-7-12-21/h2-7,9-12,18-19H,8,13-17H2,1H3,(H,33,38). The summed E-state index contributed by atoms with van der Waals surface area (Å²) >= 11 is 3.01. The minimum Gasteiger partial charge on any atom is -0.353 e. The summed E-state index contributed by atoms with van der Waals surface area (Å²) in [6, 6.07) is 20.9. The van der Waals surface area contributed by atoms with Crippen LogP contribution in [-0.4, -0.2) is 42.3 Å². The SMILES string of the molecule is CC(CCc1ccccc1)NC(=O)CSc1nnc2c3sc4nc(-c5ccccc5)c5c(c4c3ncn12)CCC5. The molecule has 7 rings (SSSR count). The van der Waals surface area contributed by atoms with Crippen molar-refractivity contribution in [2.24, 2.45) is 0 Å². The third-order valence-electron chi connectivity index (χ3n) is 7.55. The molecule has 1 N–H and O–H groups in total. The number of rotatable bonds is 8. The van der Waals surface area contributed by atoms with Gasteiger partial charge in [0.2, 0.25) is 5.91 Å². The highest BCUT2D eigenvalue weighted by atomic mass is 32.2. The largest absolute Gasteiger partial charge is 0.353 e. The van der Waals surface area contributed by atoms with Crippen molar-refractivity contribution >= 4 is 55.1 Å². The number of thioether (sulfide) groups is 1. The molecular formula is C31H28N6OS2. The fourth-order valence-corrected chi connectivity index (χ4v) is 7.47. The highest BCUT2D eigenvalue weighted by Crippen LogP contribution is 2.42. The van der Waals surface area contributed by atoms with Crippen LogP contribution in [-0.2, 0) is 24.1 Å². The number of aromatic nitrogens is 5. The molecule has 0 spiro atoms. The Morgan fingerprint density at radius 2 is 1.82 bits per heavy atom. The van der Waals surface area contributed by atoms with Crippen LogP contribution in [0.2, 0.25) is 0 Å². The Bertz CT molecular complexity index is 1850. The second-order valence-corrected chi connectivity index (χ2v) is 12.2. The number of hydrogen-bond acceptors (Lipinski definition) is 7. The summed E-state index contributed by atoms with van der Waals surface area (Å²) in [7, 11) is 0. The van der Waals surface area contributed by atoms with E-state index >= 15 is 0 Å². The summed E-state index contributed by atoms with van der Waals surface area (Å²) in [6.07, 6.45) is 6.84. The molecule has 0 saturated heterocycles. The van der Waals surface area contributed by atoms with Gasteiger partial charge in [-0.05, 0) is 55.7 Å². The number of nitrogens with zero attached hydrogens (tertiary/aromatic N) is 5. The minimum atomic E-state index is -0.00795. The van der Waals surface area contributed by atoms with Gasteiger partial charge in [0.05, 0.1) is 17.0 Å². The first-order chi connectivity index (χ1) is 19.7. The Kier molecular flexibility index (Phi) is 6.69. The summed E-state index contributed by atoms with van der Waals surface area (Å²) in [5.74, 6) is 0.266. The van der Waals surface area contributed by atoms with Gasteiger partial charge in [0, 0.05) is 17.0 Å². The molecule has 200 valence electrons. The minimum absolute atomic E-state index is 0.00795. The van der Waals surface area contributed by atoms with E-state index in [-0.39, 0.29) is 17.7 Å². The van der Waals surface area contributed by atoms with E-state index in [2.05, 4.69) is 51.9 Å². The van der Waals surface area contributed by atoms with Gasteiger partial charge in [-0.3, -0.25) is 9.20 Å². The van der Waals surface area contributed by atoms with Crippen LogP contribution in [0.1, 0.15) is 36.5 Å². The molecule has 0 saturated carbocycles. The molecule has 1 aliphatic carbocycles. The van der Waals surface area contributed by atoms with Gasteiger partial charge in [0.1, 0.15) is 15.9 Å². The molecule has 6 aromatic rings. The van der Waals surface area contributed by atoms with Crippen molar-refractivity contribution in [3.63, 3.8) is 0 Å². The zero-order valence-electron chi connectivity index (χ0n) is 22.1. The lowest BCUT2D eigenvalue weighted by molar-refractivity contribution is -0.119. The highest BCUT2D eigenvalue weighted by molar-refractivity contribution is 7.99. The van der Waals surface area contributed by atoms with Crippen molar-refractivity contribution in [2.45, 2.75) is 50.2 Å². The molecule has 0 bridgehead atoms. The van der Waals surface area contributed by atoms with Crippen molar-refractivity contribution in [1.29, 1.82) is 0 Å². The first kappa shape index (κ1) is 25.2.